The van der Waals surface area contributed by atoms with E-state index in [1.54, 1.807) is 0 Å². The van der Waals surface area contributed by atoms with Crippen LogP contribution >= 0.6 is 0 Å². The van der Waals surface area contributed by atoms with Crippen molar-refractivity contribution < 1.29 is 9.90 Å². The maximum Gasteiger partial charge on any atom is 0.158 e. The Kier molecular flexibility index (Phi) is 6.97. The van der Waals surface area contributed by atoms with Gasteiger partial charge in [0.25, 0.3) is 0 Å². The first kappa shape index (κ1) is 14.1. The molecule has 0 aliphatic heterocycles. The minimum Gasteiger partial charge on any atom is -0.385 e. The van der Waals surface area contributed by atoms with Crippen LogP contribution in [0.2, 0.25) is 0 Å². The van der Waals surface area contributed by atoms with Crippen LogP contribution in [0.25, 0.3) is 0 Å². The zero-order valence-corrected chi connectivity index (χ0v) is 10.2. The highest BCUT2D eigenvalue weighted by molar-refractivity contribution is 5.80. The molecule has 0 fully saturated rings. The zero-order valence-electron chi connectivity index (χ0n) is 10.2. The van der Waals surface area contributed by atoms with Crippen molar-refractivity contribution in [1.29, 1.82) is 0 Å². The van der Waals surface area contributed by atoms with Crippen molar-refractivity contribution in [3.8, 4) is 0 Å². The smallest absolute Gasteiger partial charge is 0.158 e. The maximum absolute atomic E-state index is 10.8. The minimum absolute atomic E-state index is 0.164. The molecule has 0 aliphatic rings. The molecule has 0 aromatic carbocycles. The molecule has 1 N–H and O–H groups in total. The summed E-state index contributed by atoms with van der Waals surface area (Å²) in [6.45, 7) is 7.61. The van der Waals surface area contributed by atoms with Crippen LogP contribution in [0, 0.1) is 0 Å². The highest BCUT2D eigenvalue weighted by atomic mass is 16.3. The third-order valence-corrected chi connectivity index (χ3v) is 2.25. The Hall–Kier alpha value is -0.890. The summed E-state index contributed by atoms with van der Waals surface area (Å²) in [5.74, 6) is -0.164. The third-order valence-electron chi connectivity index (χ3n) is 2.25. The van der Waals surface area contributed by atoms with E-state index < -0.39 is 6.10 Å². The van der Waals surface area contributed by atoms with Crippen molar-refractivity contribution in [2.45, 2.75) is 53.1 Å². The summed E-state index contributed by atoms with van der Waals surface area (Å²) in [5.41, 5.74) is 2.55. The van der Waals surface area contributed by atoms with Gasteiger partial charge >= 0.3 is 0 Å². The number of carbonyl (C=O) groups excluding carboxylic acids is 1. The van der Waals surface area contributed by atoms with Gasteiger partial charge in [0, 0.05) is 0 Å². The standard InChI is InChI=1S/C13H22O2/c1-10(2)6-5-7-11(3)8-9-13(15)12(4)14/h6,8,13,15H,5,7,9H2,1-4H3/b11-8-. The second kappa shape index (κ2) is 7.41. The molecule has 0 saturated carbocycles. The lowest BCUT2D eigenvalue weighted by molar-refractivity contribution is -0.124. The Morgan fingerprint density at radius 2 is 1.80 bits per heavy atom. The lowest BCUT2D eigenvalue weighted by Gasteiger charge is -2.04. The SMILES string of the molecule is CC(=O)C(O)C/C=C(/C)CCC=C(C)C. The lowest BCUT2D eigenvalue weighted by atomic mass is 10.1. The Morgan fingerprint density at radius 3 is 2.27 bits per heavy atom. The molecule has 15 heavy (non-hydrogen) atoms. The molecule has 0 amide bonds. The first-order valence-corrected chi connectivity index (χ1v) is 5.41. The minimum atomic E-state index is -0.830. The van der Waals surface area contributed by atoms with Crippen LogP contribution in [-0.4, -0.2) is 17.0 Å². The van der Waals surface area contributed by atoms with Gasteiger partial charge in [-0.1, -0.05) is 23.3 Å². The van der Waals surface area contributed by atoms with E-state index in [-0.39, 0.29) is 5.78 Å². The Bertz CT molecular complexity index is 258. The first-order valence-electron chi connectivity index (χ1n) is 5.41. The summed E-state index contributed by atoms with van der Waals surface area (Å²) in [6, 6.07) is 0. The van der Waals surface area contributed by atoms with E-state index in [0.29, 0.717) is 6.42 Å². The Morgan fingerprint density at radius 1 is 1.20 bits per heavy atom. The van der Waals surface area contributed by atoms with E-state index in [2.05, 4.69) is 19.9 Å². The van der Waals surface area contributed by atoms with Gasteiger partial charge in [-0.25, -0.2) is 0 Å². The van der Waals surface area contributed by atoms with Crippen molar-refractivity contribution in [3.63, 3.8) is 0 Å². The van der Waals surface area contributed by atoms with E-state index in [9.17, 15) is 9.90 Å². The number of aliphatic hydroxyl groups is 1. The average molecular weight is 210 g/mol. The highest BCUT2D eigenvalue weighted by Crippen LogP contribution is 2.08. The predicted octanol–water partition coefficient (Wildman–Crippen LogP) is 3.02. The van der Waals surface area contributed by atoms with Gasteiger partial charge in [-0.05, 0) is 47.0 Å². The first-order chi connectivity index (χ1) is 6.93. The molecule has 0 heterocycles. The summed E-state index contributed by atoms with van der Waals surface area (Å²) < 4.78 is 0. The van der Waals surface area contributed by atoms with E-state index in [1.165, 1.54) is 18.1 Å². The zero-order chi connectivity index (χ0) is 11.8. The van der Waals surface area contributed by atoms with Gasteiger partial charge in [0.1, 0.15) is 6.10 Å². The van der Waals surface area contributed by atoms with Gasteiger partial charge in [-0.15, -0.1) is 0 Å². The molecule has 0 aromatic rings. The number of allylic oxidation sites excluding steroid dienone is 3. The fraction of sp³-hybridized carbons (Fsp3) is 0.615. The van der Waals surface area contributed by atoms with Crippen LogP contribution in [0.4, 0.5) is 0 Å². The van der Waals surface area contributed by atoms with E-state index in [1.807, 2.05) is 13.0 Å². The Labute approximate surface area is 92.7 Å². The molecule has 86 valence electrons. The summed E-state index contributed by atoms with van der Waals surface area (Å²) in [6.07, 6.45) is 5.78. The molecular weight excluding hydrogens is 188 g/mol. The van der Waals surface area contributed by atoms with Gasteiger partial charge in [-0.2, -0.15) is 0 Å². The number of ketones is 1. The van der Waals surface area contributed by atoms with Crippen LogP contribution in [0.1, 0.15) is 47.0 Å². The number of aliphatic hydroxyl groups excluding tert-OH is 1. The molecule has 0 bridgehead atoms. The number of Topliss-reactive ketones (excluding diaryl/α,β-unsaturated/α-hetero) is 1. The van der Waals surface area contributed by atoms with E-state index in [4.69, 9.17) is 0 Å². The fourth-order valence-electron chi connectivity index (χ4n) is 1.17. The average Bonchev–Trinajstić information content (AvgIpc) is 2.13. The van der Waals surface area contributed by atoms with Crippen LogP contribution in [-0.2, 0) is 4.79 Å². The molecule has 0 rings (SSSR count). The molecule has 0 spiro atoms. The number of hydrogen-bond donors (Lipinski definition) is 1. The summed E-state index contributed by atoms with van der Waals surface area (Å²) in [5, 5.41) is 9.28. The molecule has 2 heteroatoms. The summed E-state index contributed by atoms with van der Waals surface area (Å²) in [7, 11) is 0. The monoisotopic (exact) mass is 210 g/mol. The number of hydrogen-bond acceptors (Lipinski definition) is 2. The molecule has 0 radical (unpaired) electrons. The third kappa shape index (κ3) is 8.13. The molecular formula is C13H22O2. The van der Waals surface area contributed by atoms with Crippen molar-refractivity contribution in [2.24, 2.45) is 0 Å². The summed E-state index contributed by atoms with van der Waals surface area (Å²) >= 11 is 0. The van der Waals surface area contributed by atoms with Gasteiger partial charge in [0.2, 0.25) is 0 Å². The van der Waals surface area contributed by atoms with Crippen molar-refractivity contribution in [2.75, 3.05) is 0 Å². The van der Waals surface area contributed by atoms with E-state index >= 15 is 0 Å². The van der Waals surface area contributed by atoms with Gasteiger partial charge < -0.3 is 5.11 Å². The van der Waals surface area contributed by atoms with Gasteiger partial charge in [0.15, 0.2) is 5.78 Å². The van der Waals surface area contributed by atoms with Crippen molar-refractivity contribution in [3.05, 3.63) is 23.3 Å². The molecule has 1 unspecified atom stereocenters. The number of rotatable bonds is 6. The topological polar surface area (TPSA) is 37.3 Å². The van der Waals surface area contributed by atoms with Crippen LogP contribution in [0.5, 0.6) is 0 Å². The molecule has 2 nitrogen and oxygen atoms in total. The predicted molar refractivity (Wildman–Crippen MR) is 63.7 cm³/mol. The lowest BCUT2D eigenvalue weighted by Crippen LogP contribution is -2.15. The fourth-order valence-corrected chi connectivity index (χ4v) is 1.17. The highest BCUT2D eigenvalue weighted by Gasteiger charge is 2.06. The molecule has 0 aliphatic carbocycles. The van der Waals surface area contributed by atoms with Crippen molar-refractivity contribution >= 4 is 5.78 Å². The van der Waals surface area contributed by atoms with Crippen LogP contribution in [0.15, 0.2) is 23.3 Å². The second-order valence-corrected chi connectivity index (χ2v) is 4.23. The normalized spacial score (nSPS) is 13.5. The summed E-state index contributed by atoms with van der Waals surface area (Å²) in [4.78, 5) is 10.8. The number of carbonyl (C=O) groups is 1. The maximum atomic E-state index is 10.8. The van der Waals surface area contributed by atoms with E-state index in [0.717, 1.165) is 12.8 Å². The molecule has 1 atom stereocenters. The Balaban J connectivity index is 3.89. The van der Waals surface area contributed by atoms with Gasteiger partial charge in [-0.3, -0.25) is 4.79 Å². The quantitative estimate of drug-likeness (QED) is 0.684. The second-order valence-electron chi connectivity index (χ2n) is 4.23. The largest absolute Gasteiger partial charge is 0.385 e. The van der Waals surface area contributed by atoms with Gasteiger partial charge in [0.05, 0.1) is 0 Å². The molecule has 0 saturated heterocycles. The van der Waals surface area contributed by atoms with Crippen LogP contribution in [0.3, 0.4) is 0 Å². The van der Waals surface area contributed by atoms with Crippen LogP contribution < -0.4 is 0 Å². The van der Waals surface area contributed by atoms with Crippen molar-refractivity contribution in [1.82, 2.24) is 0 Å². The molecule has 0 aromatic heterocycles.